The van der Waals surface area contributed by atoms with Crippen molar-refractivity contribution in [3.8, 4) is 0 Å². The van der Waals surface area contributed by atoms with Crippen LogP contribution in [0.3, 0.4) is 0 Å². The van der Waals surface area contributed by atoms with Crippen molar-refractivity contribution in [1.82, 2.24) is 4.31 Å². The van der Waals surface area contributed by atoms with Crippen LogP contribution in [0.15, 0.2) is 46.2 Å². The molecule has 2 aromatic rings. The first-order valence-electron chi connectivity index (χ1n) is 9.52. The van der Waals surface area contributed by atoms with Crippen LogP contribution >= 0.6 is 0 Å². The lowest BCUT2D eigenvalue weighted by atomic mass is 10.2. The van der Waals surface area contributed by atoms with Crippen molar-refractivity contribution in [3.63, 3.8) is 0 Å². The Kier molecular flexibility index (Phi) is 5.18. The van der Waals surface area contributed by atoms with Crippen LogP contribution in [0.1, 0.15) is 16.7 Å². The first-order valence-corrected chi connectivity index (χ1v) is 12.4. The molecule has 29 heavy (non-hydrogen) atoms. The highest BCUT2D eigenvalue weighted by Crippen LogP contribution is 2.35. The number of hydrogen-bond acceptors (Lipinski definition) is 5. The average molecular weight is 437 g/mol. The Hall–Kier alpha value is -1.94. The van der Waals surface area contributed by atoms with Crippen molar-refractivity contribution < 1.29 is 21.6 Å². The predicted octanol–water partition coefficient (Wildman–Crippen LogP) is 2.08. The van der Waals surface area contributed by atoms with Crippen molar-refractivity contribution in [3.05, 3.63) is 53.1 Å². The molecule has 1 saturated heterocycles. The van der Waals surface area contributed by atoms with Crippen molar-refractivity contribution >= 4 is 25.7 Å². The first kappa shape index (κ1) is 20.3. The molecule has 0 aliphatic carbocycles. The normalized spacial score (nSPS) is 18.1. The van der Waals surface area contributed by atoms with Crippen LogP contribution in [0.4, 0.5) is 5.69 Å². The second-order valence-corrected chi connectivity index (χ2v) is 11.2. The Labute approximate surface area is 172 Å². The summed E-state index contributed by atoms with van der Waals surface area (Å²) < 4.78 is 60.3. The molecule has 7 nitrogen and oxygen atoms in total. The number of fused-ring (bicyclic) bond motifs is 1. The van der Waals surface area contributed by atoms with Gasteiger partial charge < -0.3 is 4.74 Å². The number of rotatable bonds is 4. The number of ether oxygens (including phenoxy) is 1. The quantitative estimate of drug-likeness (QED) is 0.733. The van der Waals surface area contributed by atoms with E-state index >= 15 is 0 Å². The molecule has 0 spiro atoms. The van der Waals surface area contributed by atoms with Crippen molar-refractivity contribution in [2.24, 2.45) is 0 Å². The van der Waals surface area contributed by atoms with Gasteiger partial charge in [-0.1, -0.05) is 17.7 Å². The first-order chi connectivity index (χ1) is 13.7. The van der Waals surface area contributed by atoms with E-state index in [2.05, 4.69) is 0 Å². The third-order valence-corrected chi connectivity index (χ3v) is 9.28. The van der Waals surface area contributed by atoms with E-state index < -0.39 is 20.0 Å². The summed E-state index contributed by atoms with van der Waals surface area (Å²) in [6.45, 7) is 5.42. The summed E-state index contributed by atoms with van der Waals surface area (Å²) in [6, 6.07) is 9.99. The summed E-state index contributed by atoms with van der Waals surface area (Å²) in [7, 11) is -7.33. The average Bonchev–Trinajstić information content (AvgIpc) is 3.12. The zero-order chi connectivity index (χ0) is 20.8. The molecule has 0 unspecified atom stereocenters. The smallest absolute Gasteiger partial charge is 0.264 e. The number of aryl methyl sites for hydroxylation is 2. The molecule has 1 fully saturated rings. The Morgan fingerprint density at radius 3 is 2.28 bits per heavy atom. The molecule has 0 atom stereocenters. The minimum absolute atomic E-state index is 0.198. The topological polar surface area (TPSA) is 84.0 Å². The minimum atomic E-state index is -3.71. The molecule has 0 N–H and O–H groups in total. The van der Waals surface area contributed by atoms with Gasteiger partial charge in [0.05, 0.1) is 28.7 Å². The summed E-state index contributed by atoms with van der Waals surface area (Å²) >= 11 is 0. The lowest BCUT2D eigenvalue weighted by Gasteiger charge is -2.26. The number of hydrogen-bond donors (Lipinski definition) is 0. The second-order valence-electron chi connectivity index (χ2n) is 7.40. The summed E-state index contributed by atoms with van der Waals surface area (Å²) in [5.41, 5.74) is 2.98. The summed E-state index contributed by atoms with van der Waals surface area (Å²) in [5.74, 6) is 0. The molecule has 4 rings (SSSR count). The fourth-order valence-electron chi connectivity index (χ4n) is 3.90. The van der Waals surface area contributed by atoms with Crippen LogP contribution in [0.25, 0.3) is 0 Å². The molecular weight excluding hydrogens is 412 g/mol. The van der Waals surface area contributed by atoms with E-state index in [0.29, 0.717) is 50.5 Å². The van der Waals surface area contributed by atoms with Gasteiger partial charge in [-0.25, -0.2) is 16.8 Å². The molecule has 0 saturated carbocycles. The van der Waals surface area contributed by atoms with Crippen LogP contribution < -0.4 is 4.31 Å². The standard InChI is InChI=1S/C20H24N2O5S2/c1-15-3-6-20(16(2)13-15)29(25,26)22-8-7-17-14-18(4-5-19(17)22)28(23,24)21-9-11-27-12-10-21/h3-6,13-14H,7-12H2,1-2H3. The Morgan fingerprint density at radius 1 is 0.862 bits per heavy atom. The molecule has 2 aliphatic heterocycles. The van der Waals surface area contributed by atoms with Gasteiger partial charge in [-0.15, -0.1) is 0 Å². The minimum Gasteiger partial charge on any atom is -0.379 e. The second kappa shape index (κ2) is 7.39. The molecule has 0 amide bonds. The number of morpholine rings is 1. The maximum atomic E-state index is 13.2. The largest absolute Gasteiger partial charge is 0.379 e. The highest BCUT2D eigenvalue weighted by molar-refractivity contribution is 7.93. The van der Waals surface area contributed by atoms with Crippen LogP contribution in [0.2, 0.25) is 0 Å². The molecule has 2 heterocycles. The van der Waals surface area contributed by atoms with E-state index in [1.807, 2.05) is 13.0 Å². The van der Waals surface area contributed by atoms with E-state index in [4.69, 9.17) is 4.74 Å². The van der Waals surface area contributed by atoms with Gasteiger partial charge in [0, 0.05) is 19.6 Å². The van der Waals surface area contributed by atoms with E-state index in [1.165, 1.54) is 14.7 Å². The molecular formula is C20H24N2O5S2. The molecule has 2 aliphatic rings. The molecule has 9 heteroatoms. The predicted molar refractivity (Wildman–Crippen MR) is 110 cm³/mol. The van der Waals surface area contributed by atoms with Crippen LogP contribution in [0.5, 0.6) is 0 Å². The lowest BCUT2D eigenvalue weighted by Crippen LogP contribution is -2.40. The monoisotopic (exact) mass is 436 g/mol. The Morgan fingerprint density at radius 2 is 1.59 bits per heavy atom. The van der Waals surface area contributed by atoms with Crippen LogP contribution in [-0.4, -0.2) is 54.0 Å². The van der Waals surface area contributed by atoms with E-state index in [9.17, 15) is 16.8 Å². The molecule has 0 aromatic heterocycles. The van der Waals surface area contributed by atoms with Crippen molar-refractivity contribution in [2.45, 2.75) is 30.1 Å². The Balaban J connectivity index is 1.68. The maximum absolute atomic E-state index is 13.2. The van der Waals surface area contributed by atoms with E-state index in [0.717, 1.165) is 11.1 Å². The maximum Gasteiger partial charge on any atom is 0.264 e. The summed E-state index contributed by atoms with van der Waals surface area (Å²) in [6.07, 6.45) is 0.478. The van der Waals surface area contributed by atoms with Gasteiger partial charge in [-0.05, 0) is 55.7 Å². The highest BCUT2D eigenvalue weighted by atomic mass is 32.2. The number of nitrogens with zero attached hydrogens (tertiary/aromatic N) is 2. The van der Waals surface area contributed by atoms with E-state index in [1.54, 1.807) is 31.2 Å². The third kappa shape index (κ3) is 3.56. The highest BCUT2D eigenvalue weighted by Gasteiger charge is 2.34. The zero-order valence-corrected chi connectivity index (χ0v) is 18.1. The lowest BCUT2D eigenvalue weighted by molar-refractivity contribution is 0.0730. The number of anilines is 1. The SMILES string of the molecule is Cc1ccc(S(=O)(=O)N2CCc3cc(S(=O)(=O)N4CCOCC4)ccc32)c(C)c1. The molecule has 156 valence electrons. The van der Waals surface area contributed by atoms with Gasteiger partial charge in [0.25, 0.3) is 10.0 Å². The molecule has 0 radical (unpaired) electrons. The Bertz CT molecular complexity index is 1150. The number of benzene rings is 2. The molecule has 0 bridgehead atoms. The summed E-state index contributed by atoms with van der Waals surface area (Å²) in [5, 5.41) is 0. The summed E-state index contributed by atoms with van der Waals surface area (Å²) in [4.78, 5) is 0.477. The van der Waals surface area contributed by atoms with Crippen LogP contribution in [-0.2, 0) is 31.2 Å². The fraction of sp³-hybridized carbons (Fsp3) is 0.400. The van der Waals surface area contributed by atoms with Gasteiger partial charge in [0.15, 0.2) is 0 Å². The van der Waals surface area contributed by atoms with Crippen molar-refractivity contribution in [2.75, 3.05) is 37.2 Å². The molecule has 2 aromatic carbocycles. The van der Waals surface area contributed by atoms with Gasteiger partial charge >= 0.3 is 0 Å². The van der Waals surface area contributed by atoms with Crippen LogP contribution in [0, 0.1) is 13.8 Å². The van der Waals surface area contributed by atoms with Crippen molar-refractivity contribution in [1.29, 1.82) is 0 Å². The fourth-order valence-corrected chi connectivity index (χ4v) is 7.07. The third-order valence-electron chi connectivity index (χ3n) is 5.41. The van der Waals surface area contributed by atoms with Gasteiger partial charge in [0.2, 0.25) is 10.0 Å². The zero-order valence-electron chi connectivity index (χ0n) is 16.5. The van der Waals surface area contributed by atoms with E-state index in [-0.39, 0.29) is 9.79 Å². The van der Waals surface area contributed by atoms with Gasteiger partial charge in [0.1, 0.15) is 0 Å². The number of sulfonamides is 2. The van der Waals surface area contributed by atoms with Gasteiger partial charge in [-0.2, -0.15) is 4.31 Å². The van der Waals surface area contributed by atoms with Gasteiger partial charge in [-0.3, -0.25) is 4.31 Å².